The van der Waals surface area contributed by atoms with E-state index in [2.05, 4.69) is 24.4 Å². The SMILES string of the molecule is Cc1cccc(N)c1NC12CC3CC(CC(C3)C1)C2. The first kappa shape index (κ1) is 11.6. The van der Waals surface area contributed by atoms with Gasteiger partial charge in [0.15, 0.2) is 0 Å². The molecule has 0 spiro atoms. The summed E-state index contributed by atoms with van der Waals surface area (Å²) in [6, 6.07) is 6.24. The van der Waals surface area contributed by atoms with E-state index in [1.165, 1.54) is 49.8 Å². The van der Waals surface area contributed by atoms with E-state index < -0.39 is 0 Å². The van der Waals surface area contributed by atoms with Gasteiger partial charge >= 0.3 is 0 Å². The van der Waals surface area contributed by atoms with Gasteiger partial charge in [-0.15, -0.1) is 0 Å². The van der Waals surface area contributed by atoms with E-state index in [4.69, 9.17) is 5.73 Å². The number of anilines is 2. The fourth-order valence-electron chi connectivity index (χ4n) is 5.39. The minimum atomic E-state index is 0.356. The minimum absolute atomic E-state index is 0.356. The van der Waals surface area contributed by atoms with Crippen LogP contribution in [0.1, 0.15) is 44.1 Å². The number of nitrogens with one attached hydrogen (secondary N) is 1. The number of aryl methyl sites for hydroxylation is 1. The van der Waals surface area contributed by atoms with Crippen molar-refractivity contribution in [3.05, 3.63) is 23.8 Å². The lowest BCUT2D eigenvalue weighted by molar-refractivity contribution is 0.0107. The molecule has 4 saturated carbocycles. The van der Waals surface area contributed by atoms with Gasteiger partial charge in [-0.3, -0.25) is 0 Å². The van der Waals surface area contributed by atoms with Crippen molar-refractivity contribution >= 4 is 11.4 Å². The number of rotatable bonds is 2. The summed E-state index contributed by atoms with van der Waals surface area (Å²) in [6.45, 7) is 2.17. The Bertz CT molecular complexity index is 450. The average molecular weight is 256 g/mol. The molecule has 2 heteroatoms. The maximum atomic E-state index is 6.19. The highest BCUT2D eigenvalue weighted by atomic mass is 15.0. The van der Waals surface area contributed by atoms with E-state index in [9.17, 15) is 0 Å². The van der Waals surface area contributed by atoms with Crippen LogP contribution < -0.4 is 11.1 Å². The first-order valence-electron chi connectivity index (χ1n) is 7.77. The Morgan fingerprint density at radius 3 is 2.16 bits per heavy atom. The third kappa shape index (κ3) is 1.84. The number of hydrogen-bond donors (Lipinski definition) is 2. The van der Waals surface area contributed by atoms with Crippen molar-refractivity contribution in [2.24, 2.45) is 17.8 Å². The Morgan fingerprint density at radius 1 is 1.05 bits per heavy atom. The molecule has 4 fully saturated rings. The van der Waals surface area contributed by atoms with Crippen LogP contribution in [0.3, 0.4) is 0 Å². The number of nitrogen functional groups attached to an aromatic ring is 1. The highest BCUT2D eigenvalue weighted by Gasteiger charge is 2.51. The van der Waals surface area contributed by atoms with Gasteiger partial charge in [0.05, 0.1) is 11.4 Å². The van der Waals surface area contributed by atoms with Crippen molar-refractivity contribution in [3.8, 4) is 0 Å². The van der Waals surface area contributed by atoms with E-state index in [0.29, 0.717) is 5.54 Å². The Morgan fingerprint density at radius 2 is 1.63 bits per heavy atom. The van der Waals surface area contributed by atoms with Crippen LogP contribution in [0.4, 0.5) is 11.4 Å². The second-order valence-corrected chi connectivity index (χ2v) is 7.36. The smallest absolute Gasteiger partial charge is 0.0607 e. The lowest BCUT2D eigenvalue weighted by Gasteiger charge is -2.57. The van der Waals surface area contributed by atoms with E-state index in [0.717, 1.165) is 23.4 Å². The Hall–Kier alpha value is -1.18. The van der Waals surface area contributed by atoms with E-state index >= 15 is 0 Å². The molecular formula is C17H24N2. The lowest BCUT2D eigenvalue weighted by atomic mass is 9.53. The van der Waals surface area contributed by atoms with E-state index in [1.807, 2.05) is 6.07 Å². The predicted molar refractivity (Wildman–Crippen MR) is 80.1 cm³/mol. The van der Waals surface area contributed by atoms with Crippen LogP contribution in [0.25, 0.3) is 0 Å². The molecule has 0 amide bonds. The van der Waals surface area contributed by atoms with Gasteiger partial charge in [0.1, 0.15) is 0 Å². The van der Waals surface area contributed by atoms with Crippen molar-refractivity contribution in [2.75, 3.05) is 11.1 Å². The Balaban J connectivity index is 1.66. The number of nitrogens with two attached hydrogens (primary N) is 1. The molecule has 0 atom stereocenters. The summed E-state index contributed by atoms with van der Waals surface area (Å²) in [4.78, 5) is 0. The van der Waals surface area contributed by atoms with Crippen LogP contribution in [0.5, 0.6) is 0 Å². The predicted octanol–water partition coefficient (Wildman–Crippen LogP) is 3.96. The molecule has 4 aliphatic rings. The van der Waals surface area contributed by atoms with Crippen LogP contribution >= 0.6 is 0 Å². The second-order valence-electron chi connectivity index (χ2n) is 7.36. The molecule has 0 aliphatic heterocycles. The number of para-hydroxylation sites is 1. The Labute approximate surface area is 115 Å². The van der Waals surface area contributed by atoms with Gasteiger partial charge in [0, 0.05) is 5.54 Å². The summed E-state index contributed by atoms with van der Waals surface area (Å²) in [5.41, 5.74) is 9.94. The summed E-state index contributed by atoms with van der Waals surface area (Å²) >= 11 is 0. The number of hydrogen-bond acceptors (Lipinski definition) is 2. The van der Waals surface area contributed by atoms with Crippen molar-refractivity contribution in [2.45, 2.75) is 51.0 Å². The average Bonchev–Trinajstić information content (AvgIpc) is 2.32. The third-order valence-electron chi connectivity index (χ3n) is 5.73. The van der Waals surface area contributed by atoms with Gasteiger partial charge in [0.2, 0.25) is 0 Å². The molecule has 1 aromatic rings. The molecule has 0 radical (unpaired) electrons. The highest BCUT2D eigenvalue weighted by Crippen LogP contribution is 2.56. The number of benzene rings is 1. The van der Waals surface area contributed by atoms with Crippen LogP contribution in [0.15, 0.2) is 18.2 Å². The third-order valence-corrected chi connectivity index (χ3v) is 5.73. The zero-order valence-corrected chi connectivity index (χ0v) is 11.8. The van der Waals surface area contributed by atoms with Gasteiger partial charge < -0.3 is 11.1 Å². The Kier molecular flexibility index (Phi) is 2.39. The maximum absolute atomic E-state index is 6.19. The molecule has 19 heavy (non-hydrogen) atoms. The van der Waals surface area contributed by atoms with Gasteiger partial charge in [-0.25, -0.2) is 0 Å². The first-order chi connectivity index (χ1) is 9.13. The quantitative estimate of drug-likeness (QED) is 0.786. The van der Waals surface area contributed by atoms with Crippen molar-refractivity contribution in [3.63, 3.8) is 0 Å². The molecule has 3 N–H and O–H groups in total. The molecule has 0 aromatic heterocycles. The van der Waals surface area contributed by atoms with Gasteiger partial charge in [-0.1, -0.05) is 12.1 Å². The molecule has 0 saturated heterocycles. The monoisotopic (exact) mass is 256 g/mol. The molecule has 2 nitrogen and oxygen atoms in total. The molecule has 4 bridgehead atoms. The van der Waals surface area contributed by atoms with Gasteiger partial charge in [0.25, 0.3) is 0 Å². The normalized spacial score (nSPS) is 39.5. The summed E-state index contributed by atoms with van der Waals surface area (Å²) in [7, 11) is 0. The topological polar surface area (TPSA) is 38.0 Å². The largest absolute Gasteiger partial charge is 0.397 e. The van der Waals surface area contributed by atoms with Crippen LogP contribution in [0.2, 0.25) is 0 Å². The minimum Gasteiger partial charge on any atom is -0.397 e. The van der Waals surface area contributed by atoms with Crippen LogP contribution in [-0.4, -0.2) is 5.54 Å². The second kappa shape index (κ2) is 3.91. The van der Waals surface area contributed by atoms with Gasteiger partial charge in [-0.2, -0.15) is 0 Å². The summed E-state index contributed by atoms with van der Waals surface area (Å²) < 4.78 is 0. The van der Waals surface area contributed by atoms with Crippen molar-refractivity contribution in [1.29, 1.82) is 0 Å². The van der Waals surface area contributed by atoms with Crippen LogP contribution in [-0.2, 0) is 0 Å². The van der Waals surface area contributed by atoms with Gasteiger partial charge in [-0.05, 0) is 74.8 Å². The molecule has 1 aromatic carbocycles. The lowest BCUT2D eigenvalue weighted by Crippen LogP contribution is -2.54. The molecular weight excluding hydrogens is 232 g/mol. The standard InChI is InChI=1S/C17H24N2/c1-11-3-2-4-15(18)16(11)19-17-8-12-5-13(9-17)7-14(6-12)10-17/h2-4,12-14,19H,5-10,18H2,1H3. The molecule has 4 aliphatic carbocycles. The maximum Gasteiger partial charge on any atom is 0.0607 e. The fraction of sp³-hybridized carbons (Fsp3) is 0.647. The summed E-state index contributed by atoms with van der Waals surface area (Å²) in [6.07, 6.45) is 8.57. The van der Waals surface area contributed by atoms with Crippen molar-refractivity contribution in [1.82, 2.24) is 0 Å². The first-order valence-corrected chi connectivity index (χ1v) is 7.77. The fourth-order valence-corrected chi connectivity index (χ4v) is 5.39. The van der Waals surface area contributed by atoms with Crippen LogP contribution in [0, 0.1) is 24.7 Å². The van der Waals surface area contributed by atoms with Crippen molar-refractivity contribution < 1.29 is 0 Å². The molecule has 0 heterocycles. The zero-order valence-electron chi connectivity index (χ0n) is 11.8. The highest BCUT2D eigenvalue weighted by molar-refractivity contribution is 5.71. The summed E-state index contributed by atoms with van der Waals surface area (Å²) in [5, 5.41) is 3.90. The molecule has 102 valence electrons. The van der Waals surface area contributed by atoms with E-state index in [-0.39, 0.29) is 0 Å². The molecule has 5 rings (SSSR count). The zero-order chi connectivity index (χ0) is 13.0. The molecule has 0 unspecified atom stereocenters. The van der Waals surface area contributed by atoms with E-state index in [1.54, 1.807) is 0 Å². The summed E-state index contributed by atoms with van der Waals surface area (Å²) in [5.74, 6) is 2.93.